The molecule has 9 heteroatoms. The number of nitrogens with one attached hydrogen (secondary N) is 2. The fourth-order valence-corrected chi connectivity index (χ4v) is 3.63. The van der Waals surface area contributed by atoms with E-state index in [9.17, 15) is 4.79 Å². The summed E-state index contributed by atoms with van der Waals surface area (Å²) in [5, 5.41) is 6.94. The molecule has 0 saturated heterocycles. The molecule has 1 unspecified atom stereocenters. The van der Waals surface area contributed by atoms with E-state index >= 15 is 0 Å². The Hall–Kier alpha value is -2.42. The van der Waals surface area contributed by atoms with Crippen molar-refractivity contribution in [2.24, 2.45) is 0 Å². The molecule has 3 aromatic rings. The van der Waals surface area contributed by atoms with Crippen molar-refractivity contribution in [2.45, 2.75) is 20.0 Å². The number of urea groups is 1. The van der Waals surface area contributed by atoms with Crippen LogP contribution < -0.4 is 15.4 Å². The van der Waals surface area contributed by atoms with Crippen molar-refractivity contribution in [2.75, 3.05) is 24.9 Å². The molecule has 3 rings (SSSR count). The van der Waals surface area contributed by atoms with Crippen molar-refractivity contribution >= 4 is 50.7 Å². The predicted molar refractivity (Wildman–Crippen MR) is 108 cm³/mol. The molecule has 0 bridgehead atoms. The molecule has 0 saturated carbocycles. The number of carbonyl (C=O) groups excluding carboxylic acids is 1. The van der Waals surface area contributed by atoms with Gasteiger partial charge in [0.1, 0.15) is 16.1 Å². The Morgan fingerprint density at radius 3 is 2.70 bits per heavy atom. The largest absolute Gasteiger partial charge is 0.495 e. The lowest BCUT2D eigenvalue weighted by atomic mass is 10.1. The van der Waals surface area contributed by atoms with Gasteiger partial charge in [-0.15, -0.1) is 0 Å². The highest BCUT2D eigenvalue weighted by atomic mass is 35.5. The number of amides is 2. The van der Waals surface area contributed by atoms with Crippen LogP contribution in [0, 0.1) is 6.92 Å². The molecular weight excluding hydrogens is 388 g/mol. The van der Waals surface area contributed by atoms with Crippen molar-refractivity contribution < 1.29 is 14.3 Å². The van der Waals surface area contributed by atoms with E-state index in [1.807, 2.05) is 13.8 Å². The number of aryl methyl sites for hydroxylation is 1. The molecule has 142 valence electrons. The van der Waals surface area contributed by atoms with Gasteiger partial charge in [-0.1, -0.05) is 22.9 Å². The number of methoxy groups -OCH3 is 2. The minimum absolute atomic E-state index is 0.270. The van der Waals surface area contributed by atoms with Crippen molar-refractivity contribution in [3.8, 4) is 5.75 Å². The van der Waals surface area contributed by atoms with Crippen LogP contribution in [-0.4, -0.2) is 30.2 Å². The number of pyridine rings is 1. The number of anilines is 2. The van der Waals surface area contributed by atoms with Gasteiger partial charge in [-0.05, 0) is 32.0 Å². The normalized spacial score (nSPS) is 12.0. The Morgan fingerprint density at radius 2 is 2.00 bits per heavy atom. The van der Waals surface area contributed by atoms with Crippen LogP contribution in [0.4, 0.5) is 16.2 Å². The Kier molecular flexibility index (Phi) is 5.79. The van der Waals surface area contributed by atoms with E-state index in [1.165, 1.54) is 18.4 Å². The molecule has 2 heterocycles. The van der Waals surface area contributed by atoms with E-state index in [-0.39, 0.29) is 6.10 Å². The minimum atomic E-state index is -0.451. The summed E-state index contributed by atoms with van der Waals surface area (Å²) >= 11 is 7.50. The van der Waals surface area contributed by atoms with Crippen LogP contribution in [0.2, 0.25) is 5.02 Å². The van der Waals surface area contributed by atoms with Gasteiger partial charge in [0, 0.05) is 17.7 Å². The van der Waals surface area contributed by atoms with Gasteiger partial charge < -0.3 is 20.1 Å². The maximum absolute atomic E-state index is 12.6. The number of thiazole rings is 1. The summed E-state index contributed by atoms with van der Waals surface area (Å²) in [4.78, 5) is 22.3. The first-order valence-corrected chi connectivity index (χ1v) is 9.32. The molecule has 2 amide bonds. The average Bonchev–Trinajstić information content (AvgIpc) is 3.01. The number of nitrogens with zero attached hydrogens (tertiary/aromatic N) is 2. The number of aromatic nitrogens is 2. The number of hydrogen-bond donors (Lipinski definition) is 2. The zero-order chi connectivity index (χ0) is 19.6. The lowest BCUT2D eigenvalue weighted by Gasteiger charge is -2.17. The fraction of sp³-hybridized carbons (Fsp3) is 0.278. The van der Waals surface area contributed by atoms with E-state index in [4.69, 9.17) is 21.1 Å². The molecule has 0 aliphatic rings. The summed E-state index contributed by atoms with van der Waals surface area (Å²) < 4.78 is 10.7. The molecule has 1 atom stereocenters. The van der Waals surface area contributed by atoms with Gasteiger partial charge in [-0.25, -0.2) is 14.8 Å². The minimum Gasteiger partial charge on any atom is -0.495 e. The Bertz CT molecular complexity index is 992. The third-order valence-electron chi connectivity index (χ3n) is 3.99. The van der Waals surface area contributed by atoms with E-state index in [0.29, 0.717) is 22.1 Å². The van der Waals surface area contributed by atoms with Gasteiger partial charge in [0.15, 0.2) is 0 Å². The maximum Gasteiger partial charge on any atom is 0.323 e. The Labute approximate surface area is 165 Å². The summed E-state index contributed by atoms with van der Waals surface area (Å²) in [6.45, 7) is 3.81. The van der Waals surface area contributed by atoms with Gasteiger partial charge >= 0.3 is 6.03 Å². The fourth-order valence-electron chi connectivity index (χ4n) is 2.68. The second-order valence-corrected chi connectivity index (χ2v) is 7.39. The van der Waals surface area contributed by atoms with Gasteiger partial charge in [-0.3, -0.25) is 0 Å². The number of hydrogen-bond acceptors (Lipinski definition) is 6. The number of ether oxygens (including phenoxy) is 2. The number of rotatable bonds is 5. The lowest BCUT2D eigenvalue weighted by Crippen LogP contribution is -2.21. The van der Waals surface area contributed by atoms with Crippen LogP contribution in [0.3, 0.4) is 0 Å². The second-order valence-electron chi connectivity index (χ2n) is 5.77. The van der Waals surface area contributed by atoms with Crippen molar-refractivity contribution in [1.82, 2.24) is 9.97 Å². The summed E-state index contributed by atoms with van der Waals surface area (Å²) in [6, 6.07) is 4.53. The molecular formula is C18H19ClN4O3S. The first-order valence-electron chi connectivity index (χ1n) is 8.13. The van der Waals surface area contributed by atoms with Crippen LogP contribution >= 0.6 is 22.9 Å². The van der Waals surface area contributed by atoms with Gasteiger partial charge in [0.25, 0.3) is 0 Å². The lowest BCUT2D eigenvalue weighted by molar-refractivity contribution is 0.121. The molecule has 27 heavy (non-hydrogen) atoms. The molecule has 0 spiro atoms. The third-order valence-corrected chi connectivity index (χ3v) is 5.10. The van der Waals surface area contributed by atoms with E-state index < -0.39 is 6.03 Å². The molecule has 7 nitrogen and oxygen atoms in total. The van der Waals surface area contributed by atoms with Crippen molar-refractivity contribution in [1.29, 1.82) is 0 Å². The highest BCUT2D eigenvalue weighted by molar-refractivity contribution is 7.18. The molecule has 0 aliphatic heterocycles. The van der Waals surface area contributed by atoms with Crippen LogP contribution in [0.1, 0.15) is 23.6 Å². The Balaban J connectivity index is 1.92. The average molecular weight is 407 g/mol. The van der Waals surface area contributed by atoms with E-state index in [2.05, 4.69) is 20.6 Å². The van der Waals surface area contributed by atoms with E-state index in [1.54, 1.807) is 31.5 Å². The van der Waals surface area contributed by atoms with Crippen LogP contribution in [0.5, 0.6) is 5.75 Å². The van der Waals surface area contributed by atoms with Gasteiger partial charge in [0.05, 0.1) is 35.8 Å². The van der Waals surface area contributed by atoms with Crippen LogP contribution in [0.15, 0.2) is 24.4 Å². The Morgan fingerprint density at radius 1 is 1.26 bits per heavy atom. The molecule has 0 aliphatic carbocycles. The third kappa shape index (κ3) is 4.13. The molecule has 2 aromatic heterocycles. The summed E-state index contributed by atoms with van der Waals surface area (Å²) in [6.07, 6.45) is 1.34. The summed E-state index contributed by atoms with van der Waals surface area (Å²) in [7, 11) is 3.13. The first-order chi connectivity index (χ1) is 12.9. The number of carbonyl (C=O) groups is 1. The monoisotopic (exact) mass is 406 g/mol. The molecule has 0 radical (unpaired) electrons. The smallest absolute Gasteiger partial charge is 0.323 e. The first kappa shape index (κ1) is 19.3. The van der Waals surface area contributed by atoms with E-state index in [0.717, 1.165) is 20.9 Å². The zero-order valence-electron chi connectivity index (χ0n) is 15.3. The SMILES string of the molecule is COc1ccc(Cl)cc1NC(=O)Nc1cnc2sc(C)nc2c1C(C)OC. The zero-order valence-corrected chi connectivity index (χ0v) is 16.9. The quantitative estimate of drug-likeness (QED) is 0.621. The van der Waals surface area contributed by atoms with Crippen LogP contribution in [-0.2, 0) is 4.74 Å². The van der Waals surface area contributed by atoms with Gasteiger partial charge in [-0.2, -0.15) is 0 Å². The summed E-state index contributed by atoms with van der Waals surface area (Å²) in [5.74, 6) is 0.503. The van der Waals surface area contributed by atoms with Crippen LogP contribution in [0.25, 0.3) is 10.3 Å². The molecule has 1 aromatic carbocycles. The standard InChI is InChI=1S/C18H19ClN4O3S/c1-9(25-3)15-13(8-20-17-16(15)21-10(2)27-17)23-18(24)22-12-7-11(19)5-6-14(12)26-4/h5-9H,1-4H3,(H2,22,23,24). The van der Waals surface area contributed by atoms with Crippen molar-refractivity contribution in [3.05, 3.63) is 40.0 Å². The highest BCUT2D eigenvalue weighted by Crippen LogP contribution is 2.34. The topological polar surface area (TPSA) is 85.4 Å². The van der Waals surface area contributed by atoms with Crippen molar-refractivity contribution in [3.63, 3.8) is 0 Å². The summed E-state index contributed by atoms with van der Waals surface area (Å²) in [5.41, 5.74) is 2.49. The number of fused-ring (bicyclic) bond motifs is 1. The number of halogens is 1. The molecule has 2 N–H and O–H groups in total. The molecule has 0 fully saturated rings. The predicted octanol–water partition coefficient (Wildman–Crippen LogP) is 5.01. The maximum atomic E-state index is 12.6. The second kappa shape index (κ2) is 8.08. The number of benzene rings is 1. The van der Waals surface area contributed by atoms with Gasteiger partial charge in [0.2, 0.25) is 0 Å². The highest BCUT2D eigenvalue weighted by Gasteiger charge is 2.20.